The zero-order valence-corrected chi connectivity index (χ0v) is 36.4. The number of fused-ring (bicyclic) bond motifs is 2. The van der Waals surface area contributed by atoms with Gasteiger partial charge in [0, 0.05) is 34.3 Å². The van der Waals surface area contributed by atoms with Crippen LogP contribution < -0.4 is 11.1 Å². The molecular formula is C44H32Cl6F2N6O3. The molecule has 0 spiro atoms. The van der Waals surface area contributed by atoms with Gasteiger partial charge in [0.2, 0.25) is 0 Å². The summed E-state index contributed by atoms with van der Waals surface area (Å²) in [7, 11) is 0. The number of hydrogen-bond donors (Lipinski definition) is 4. The van der Waals surface area contributed by atoms with Crippen LogP contribution in [0, 0.1) is 25.5 Å². The molecule has 0 radical (unpaired) electrons. The highest BCUT2D eigenvalue weighted by molar-refractivity contribution is 6.37. The zero-order chi connectivity index (χ0) is 44.4. The number of aryl methyl sites for hydroxylation is 2. The van der Waals surface area contributed by atoms with Crippen molar-refractivity contribution in [1.82, 2.24) is 19.9 Å². The van der Waals surface area contributed by atoms with Crippen LogP contribution in [0.2, 0.25) is 30.1 Å². The number of benzene rings is 4. The molecule has 0 bridgehead atoms. The van der Waals surface area contributed by atoms with Gasteiger partial charge in [0.1, 0.15) is 52.1 Å². The van der Waals surface area contributed by atoms with E-state index in [1.807, 2.05) is 30.3 Å². The van der Waals surface area contributed by atoms with Gasteiger partial charge in [-0.15, -0.1) is 0 Å². The number of halogens is 8. The van der Waals surface area contributed by atoms with E-state index in [0.717, 1.165) is 16.8 Å². The van der Waals surface area contributed by atoms with E-state index in [-0.39, 0.29) is 21.5 Å². The molecule has 1 atom stereocenters. The molecule has 4 aromatic heterocycles. The normalized spacial score (nSPS) is 11.0. The Morgan fingerprint density at radius 3 is 1.82 bits per heavy atom. The van der Waals surface area contributed by atoms with Crippen molar-refractivity contribution in [2.45, 2.75) is 19.9 Å². The Hall–Kier alpha value is -5.53. The number of anilines is 2. The second-order valence-electron chi connectivity index (χ2n) is 12.8. The van der Waals surface area contributed by atoms with Gasteiger partial charge in [-0.2, -0.15) is 0 Å². The number of pyridine rings is 4. The standard InChI is InChI=1S/C22H15Cl3FN3O.C9H7NO.C7H4ClFO.C6H6Cl2N2/c1-11-16(24)10-17(25)22(28-11)29-19(13-5-7-15(23)18(26)9-13)14-6-4-12-3-2-8-27-20(12)21(14)30;11-8-5-1-3-7-4-2-6-10-9(7)8;8-6-2-1-5(4-10)3-7(6)9;1-3-4(7)2-5(8)6(9)10-3/h2-10,19,30H,1H3,(H,28,29);1-6,11H;1-4H;2H,1H3,(H2,9,10). The minimum absolute atomic E-state index is 0.000366. The molecule has 0 saturated carbocycles. The topological polar surface area (TPSA) is 147 Å². The Bertz CT molecular complexity index is 2800. The molecule has 0 fully saturated rings. The average molecular weight is 943 g/mol. The molecule has 5 N–H and O–H groups in total. The van der Waals surface area contributed by atoms with Crippen molar-refractivity contribution in [3.05, 3.63) is 185 Å². The largest absolute Gasteiger partial charge is 0.506 e. The summed E-state index contributed by atoms with van der Waals surface area (Å²) in [5, 5.41) is 26.9. The maximum atomic E-state index is 14.3. The first kappa shape index (κ1) is 46.5. The van der Waals surface area contributed by atoms with Crippen LogP contribution in [0.25, 0.3) is 21.8 Å². The summed E-state index contributed by atoms with van der Waals surface area (Å²) in [4.78, 5) is 26.6. The van der Waals surface area contributed by atoms with Crippen LogP contribution in [-0.2, 0) is 0 Å². The number of carbonyl (C=O) groups is 1. The molecule has 4 aromatic carbocycles. The fourth-order valence-corrected chi connectivity index (χ4v) is 6.47. The van der Waals surface area contributed by atoms with Gasteiger partial charge in [0.25, 0.3) is 0 Å². The number of nitrogens with zero attached hydrogens (tertiary/aromatic N) is 4. The highest BCUT2D eigenvalue weighted by Crippen LogP contribution is 2.38. The molecule has 0 aliphatic heterocycles. The second-order valence-corrected chi connectivity index (χ2v) is 15.2. The van der Waals surface area contributed by atoms with Gasteiger partial charge in [-0.25, -0.2) is 18.7 Å². The number of carbonyl (C=O) groups excluding carboxylic acids is 1. The molecule has 17 heteroatoms. The van der Waals surface area contributed by atoms with Gasteiger partial charge in [-0.1, -0.05) is 118 Å². The lowest BCUT2D eigenvalue weighted by Crippen LogP contribution is -2.15. The molecule has 1 unspecified atom stereocenters. The number of phenolic OH excluding ortho intramolecular Hbond substituents is 2. The Balaban J connectivity index is 0.000000184. The molecule has 8 rings (SSSR count). The summed E-state index contributed by atoms with van der Waals surface area (Å²) in [5.74, 6) is -0.258. The number of phenols is 2. The lowest BCUT2D eigenvalue weighted by molar-refractivity contribution is 0.112. The summed E-state index contributed by atoms with van der Waals surface area (Å²) in [5.41, 5.74) is 9.05. The minimum atomic E-state index is -0.686. The maximum absolute atomic E-state index is 14.3. The molecular weight excluding hydrogens is 911 g/mol. The average Bonchev–Trinajstić information content (AvgIpc) is 3.24. The van der Waals surface area contributed by atoms with Crippen molar-refractivity contribution in [2.24, 2.45) is 0 Å². The number of para-hydroxylation sites is 1. The molecule has 0 saturated heterocycles. The Morgan fingerprint density at radius 1 is 0.639 bits per heavy atom. The number of aldehydes is 1. The van der Waals surface area contributed by atoms with E-state index < -0.39 is 17.7 Å². The fraction of sp³-hybridized carbons (Fsp3) is 0.0682. The van der Waals surface area contributed by atoms with E-state index in [1.54, 1.807) is 68.7 Å². The summed E-state index contributed by atoms with van der Waals surface area (Å²) in [6, 6.07) is 27.1. The lowest BCUT2D eigenvalue weighted by Gasteiger charge is -2.23. The van der Waals surface area contributed by atoms with E-state index in [0.29, 0.717) is 77.1 Å². The van der Waals surface area contributed by atoms with Crippen molar-refractivity contribution in [3.63, 3.8) is 0 Å². The number of nitrogens with two attached hydrogens (primary N) is 1. The van der Waals surface area contributed by atoms with Crippen LogP contribution in [0.3, 0.4) is 0 Å². The zero-order valence-electron chi connectivity index (χ0n) is 31.8. The van der Waals surface area contributed by atoms with Crippen LogP contribution >= 0.6 is 69.6 Å². The van der Waals surface area contributed by atoms with Crippen LogP contribution in [0.4, 0.5) is 20.4 Å². The van der Waals surface area contributed by atoms with Crippen molar-refractivity contribution >= 4 is 109 Å². The first-order valence-corrected chi connectivity index (χ1v) is 20.0. The third-order valence-corrected chi connectivity index (χ3v) is 10.5. The Kier molecular flexibility index (Phi) is 16.3. The van der Waals surface area contributed by atoms with Gasteiger partial charge in [-0.3, -0.25) is 14.8 Å². The van der Waals surface area contributed by atoms with Crippen LogP contribution in [0.5, 0.6) is 11.5 Å². The highest BCUT2D eigenvalue weighted by Gasteiger charge is 2.23. The van der Waals surface area contributed by atoms with Gasteiger partial charge in [0.05, 0.1) is 47.6 Å². The number of rotatable bonds is 5. The van der Waals surface area contributed by atoms with E-state index in [9.17, 15) is 23.8 Å². The Morgan fingerprint density at radius 2 is 1.21 bits per heavy atom. The quantitative estimate of drug-likeness (QED) is 0.124. The van der Waals surface area contributed by atoms with Crippen molar-refractivity contribution in [2.75, 3.05) is 11.1 Å². The Labute approximate surface area is 378 Å². The van der Waals surface area contributed by atoms with Gasteiger partial charge < -0.3 is 21.3 Å². The highest BCUT2D eigenvalue weighted by atomic mass is 35.5. The molecule has 61 heavy (non-hydrogen) atoms. The number of aromatic hydroxyl groups is 2. The van der Waals surface area contributed by atoms with E-state index in [2.05, 4.69) is 25.3 Å². The molecule has 8 aromatic rings. The number of nitrogen functional groups attached to an aromatic ring is 1. The van der Waals surface area contributed by atoms with Crippen LogP contribution in [0.1, 0.15) is 38.9 Å². The van der Waals surface area contributed by atoms with Crippen LogP contribution in [-0.4, -0.2) is 36.4 Å². The maximum Gasteiger partial charge on any atom is 0.150 e. The van der Waals surface area contributed by atoms with E-state index in [4.69, 9.17) is 75.3 Å². The van der Waals surface area contributed by atoms with Crippen LogP contribution in [0.15, 0.2) is 116 Å². The molecule has 0 amide bonds. The SMILES string of the molecule is Cc1nc(N)c(Cl)cc1Cl.Cc1nc(NC(c2ccc(Cl)c(F)c2)c2ccc3cccnc3c2O)c(Cl)cc1Cl.O=Cc1ccc(Cl)c(F)c1.Oc1cccc2cccnc12. The van der Waals surface area contributed by atoms with Crippen molar-refractivity contribution in [1.29, 1.82) is 0 Å². The third-order valence-electron chi connectivity index (χ3n) is 8.58. The monoisotopic (exact) mass is 940 g/mol. The van der Waals surface area contributed by atoms with Crippen molar-refractivity contribution < 1.29 is 23.8 Å². The lowest BCUT2D eigenvalue weighted by atomic mass is 9.96. The number of nitrogens with one attached hydrogen (secondary N) is 1. The molecule has 0 aliphatic rings. The number of hydrogen-bond acceptors (Lipinski definition) is 9. The number of aromatic nitrogens is 4. The van der Waals surface area contributed by atoms with Gasteiger partial charge in [-0.05, 0) is 74.0 Å². The third kappa shape index (κ3) is 12.1. The van der Waals surface area contributed by atoms with Gasteiger partial charge in [0.15, 0.2) is 0 Å². The van der Waals surface area contributed by atoms with E-state index in [1.165, 1.54) is 24.3 Å². The second kappa shape index (κ2) is 21.3. The fourth-order valence-electron chi connectivity index (χ4n) is 5.46. The smallest absolute Gasteiger partial charge is 0.150 e. The predicted molar refractivity (Wildman–Crippen MR) is 243 cm³/mol. The molecule has 0 aliphatic carbocycles. The van der Waals surface area contributed by atoms with Gasteiger partial charge >= 0.3 is 0 Å². The minimum Gasteiger partial charge on any atom is -0.506 e. The summed E-state index contributed by atoms with van der Waals surface area (Å²) in [6.45, 7) is 3.52. The summed E-state index contributed by atoms with van der Waals surface area (Å²) >= 11 is 34.9. The summed E-state index contributed by atoms with van der Waals surface area (Å²) < 4.78 is 26.7. The van der Waals surface area contributed by atoms with E-state index >= 15 is 0 Å². The first-order valence-electron chi connectivity index (χ1n) is 17.7. The molecule has 4 heterocycles. The van der Waals surface area contributed by atoms with Crippen molar-refractivity contribution in [3.8, 4) is 11.5 Å². The predicted octanol–water partition coefficient (Wildman–Crippen LogP) is 13.5. The molecule has 312 valence electrons. The summed E-state index contributed by atoms with van der Waals surface area (Å²) in [6.07, 6.45) is 3.83. The molecule has 9 nitrogen and oxygen atoms in total. The first-order chi connectivity index (χ1) is 29.1.